The van der Waals surface area contributed by atoms with Gasteiger partial charge >= 0.3 is 0 Å². The van der Waals surface area contributed by atoms with E-state index in [0.717, 1.165) is 24.6 Å². The van der Waals surface area contributed by atoms with E-state index in [0.29, 0.717) is 5.92 Å². The van der Waals surface area contributed by atoms with E-state index in [-0.39, 0.29) is 0 Å². The van der Waals surface area contributed by atoms with Crippen LogP contribution in [-0.4, -0.2) is 19.5 Å². The molecule has 0 aliphatic heterocycles. The summed E-state index contributed by atoms with van der Waals surface area (Å²) in [4.78, 5) is 4.33. The Balaban J connectivity index is 2.51. The van der Waals surface area contributed by atoms with Gasteiger partial charge in [0.1, 0.15) is 5.75 Å². The van der Waals surface area contributed by atoms with Crippen LogP contribution in [0.1, 0.15) is 19.4 Å². The van der Waals surface area contributed by atoms with Crippen molar-refractivity contribution in [2.24, 2.45) is 16.6 Å². The summed E-state index contributed by atoms with van der Waals surface area (Å²) < 4.78 is 5.16. The fourth-order valence-electron chi connectivity index (χ4n) is 1.32. The smallest absolute Gasteiger partial charge is 0.119 e. The van der Waals surface area contributed by atoms with Gasteiger partial charge in [0.05, 0.1) is 12.9 Å². The number of benzene rings is 1. The van der Waals surface area contributed by atoms with Gasteiger partial charge in [0, 0.05) is 12.5 Å². The van der Waals surface area contributed by atoms with Crippen molar-refractivity contribution in [3.8, 4) is 5.75 Å². The van der Waals surface area contributed by atoms with Crippen molar-refractivity contribution in [3.63, 3.8) is 0 Å². The molecule has 1 aromatic rings. The molecule has 0 heterocycles. The van der Waals surface area contributed by atoms with Crippen molar-refractivity contribution >= 4 is 5.84 Å². The second-order valence-electron chi connectivity index (χ2n) is 4.06. The largest absolute Gasteiger partial charge is 0.497 e. The zero-order chi connectivity index (χ0) is 12.0. The molecule has 2 N–H and O–H groups in total. The number of nitrogens with zero attached hydrogens (tertiary/aromatic N) is 1. The Hall–Kier alpha value is -1.51. The molecule has 0 spiro atoms. The van der Waals surface area contributed by atoms with Crippen LogP contribution in [0.4, 0.5) is 0 Å². The molecule has 0 aromatic heterocycles. The standard InChI is InChI=1S/C13H20N2O/c1-10(2)13(14)15-8-7-11-5-4-6-12(9-11)16-3/h4-6,9-10H,7-8H2,1-3H3,(H2,14,15). The van der Waals surface area contributed by atoms with Gasteiger partial charge < -0.3 is 10.5 Å². The van der Waals surface area contributed by atoms with E-state index in [1.165, 1.54) is 5.56 Å². The Morgan fingerprint density at radius 2 is 2.19 bits per heavy atom. The summed E-state index contributed by atoms with van der Waals surface area (Å²) in [6.45, 7) is 4.83. The summed E-state index contributed by atoms with van der Waals surface area (Å²) in [5.41, 5.74) is 6.98. The lowest BCUT2D eigenvalue weighted by Gasteiger charge is -2.05. The summed E-state index contributed by atoms with van der Waals surface area (Å²) in [5.74, 6) is 1.94. The van der Waals surface area contributed by atoms with Crippen LogP contribution in [0.25, 0.3) is 0 Å². The lowest BCUT2D eigenvalue weighted by atomic mass is 10.1. The topological polar surface area (TPSA) is 47.6 Å². The highest BCUT2D eigenvalue weighted by molar-refractivity contribution is 5.82. The first-order valence-corrected chi connectivity index (χ1v) is 5.56. The molecule has 0 aliphatic carbocycles. The van der Waals surface area contributed by atoms with Crippen molar-refractivity contribution in [2.75, 3.05) is 13.7 Å². The minimum absolute atomic E-state index is 0.324. The van der Waals surface area contributed by atoms with Crippen molar-refractivity contribution in [1.29, 1.82) is 0 Å². The maximum absolute atomic E-state index is 5.76. The van der Waals surface area contributed by atoms with Gasteiger partial charge in [0.25, 0.3) is 0 Å². The Morgan fingerprint density at radius 1 is 1.44 bits per heavy atom. The van der Waals surface area contributed by atoms with Crippen LogP contribution in [0, 0.1) is 5.92 Å². The lowest BCUT2D eigenvalue weighted by molar-refractivity contribution is 0.414. The quantitative estimate of drug-likeness (QED) is 0.611. The van der Waals surface area contributed by atoms with Gasteiger partial charge in [-0.15, -0.1) is 0 Å². The molecule has 16 heavy (non-hydrogen) atoms. The fourth-order valence-corrected chi connectivity index (χ4v) is 1.32. The normalized spacial score (nSPS) is 11.9. The number of amidine groups is 1. The fraction of sp³-hybridized carbons (Fsp3) is 0.462. The highest BCUT2D eigenvalue weighted by Crippen LogP contribution is 2.12. The van der Waals surface area contributed by atoms with Crippen LogP contribution in [0.2, 0.25) is 0 Å². The average Bonchev–Trinajstić information content (AvgIpc) is 2.29. The Labute approximate surface area is 97.3 Å². The molecule has 1 aromatic carbocycles. The van der Waals surface area contributed by atoms with E-state index in [9.17, 15) is 0 Å². The first kappa shape index (κ1) is 12.6. The highest BCUT2D eigenvalue weighted by atomic mass is 16.5. The summed E-state index contributed by atoms with van der Waals surface area (Å²) in [6.07, 6.45) is 0.893. The number of methoxy groups -OCH3 is 1. The molecule has 88 valence electrons. The molecule has 0 saturated carbocycles. The van der Waals surface area contributed by atoms with Gasteiger partial charge in [-0.3, -0.25) is 4.99 Å². The molecular formula is C13H20N2O. The van der Waals surface area contributed by atoms with E-state index in [1.807, 2.05) is 32.0 Å². The second kappa shape index (κ2) is 6.16. The van der Waals surface area contributed by atoms with Gasteiger partial charge in [-0.05, 0) is 24.1 Å². The summed E-state index contributed by atoms with van der Waals surface area (Å²) in [5, 5.41) is 0. The number of rotatable bonds is 5. The molecule has 0 fully saturated rings. The SMILES string of the molecule is COc1cccc(CCN=C(N)C(C)C)c1. The van der Waals surface area contributed by atoms with Crippen LogP contribution >= 0.6 is 0 Å². The van der Waals surface area contributed by atoms with Crippen molar-refractivity contribution in [2.45, 2.75) is 20.3 Å². The Bertz CT molecular complexity index is 359. The van der Waals surface area contributed by atoms with Crippen LogP contribution < -0.4 is 10.5 Å². The molecule has 0 atom stereocenters. The molecule has 0 radical (unpaired) electrons. The summed E-state index contributed by atoms with van der Waals surface area (Å²) in [7, 11) is 1.67. The molecule has 0 amide bonds. The molecule has 3 heteroatoms. The van der Waals surface area contributed by atoms with E-state index in [4.69, 9.17) is 10.5 Å². The van der Waals surface area contributed by atoms with Gasteiger partial charge in [-0.1, -0.05) is 26.0 Å². The first-order valence-electron chi connectivity index (χ1n) is 5.56. The van der Waals surface area contributed by atoms with Crippen LogP contribution in [0.5, 0.6) is 5.75 Å². The van der Waals surface area contributed by atoms with Crippen molar-refractivity contribution in [1.82, 2.24) is 0 Å². The van der Waals surface area contributed by atoms with Gasteiger partial charge in [-0.2, -0.15) is 0 Å². The number of hydrogen-bond acceptors (Lipinski definition) is 2. The third kappa shape index (κ3) is 3.93. The molecule has 0 aliphatic rings. The second-order valence-corrected chi connectivity index (χ2v) is 4.06. The van der Waals surface area contributed by atoms with Gasteiger partial charge in [0.2, 0.25) is 0 Å². The van der Waals surface area contributed by atoms with Crippen molar-refractivity contribution in [3.05, 3.63) is 29.8 Å². The Morgan fingerprint density at radius 3 is 2.81 bits per heavy atom. The summed E-state index contributed by atoms with van der Waals surface area (Å²) in [6, 6.07) is 8.03. The number of nitrogens with two attached hydrogens (primary N) is 1. The molecule has 1 rings (SSSR count). The molecular weight excluding hydrogens is 200 g/mol. The third-order valence-electron chi connectivity index (χ3n) is 2.42. The molecule has 0 saturated heterocycles. The minimum atomic E-state index is 0.324. The van der Waals surface area contributed by atoms with E-state index in [2.05, 4.69) is 11.1 Å². The van der Waals surface area contributed by atoms with Crippen molar-refractivity contribution < 1.29 is 4.74 Å². The number of aliphatic imine (C=N–C) groups is 1. The van der Waals surface area contributed by atoms with Crippen LogP contribution in [0.15, 0.2) is 29.3 Å². The predicted molar refractivity (Wildman–Crippen MR) is 68.0 cm³/mol. The van der Waals surface area contributed by atoms with E-state index in [1.54, 1.807) is 7.11 Å². The average molecular weight is 220 g/mol. The Kier molecular flexibility index (Phi) is 4.83. The zero-order valence-electron chi connectivity index (χ0n) is 10.2. The molecule has 0 unspecified atom stereocenters. The molecule has 3 nitrogen and oxygen atoms in total. The van der Waals surface area contributed by atoms with Crippen LogP contribution in [0.3, 0.4) is 0 Å². The predicted octanol–water partition coefficient (Wildman–Crippen LogP) is 2.25. The maximum Gasteiger partial charge on any atom is 0.119 e. The molecule has 0 bridgehead atoms. The first-order chi connectivity index (χ1) is 7.63. The highest BCUT2D eigenvalue weighted by Gasteiger charge is 1.99. The van der Waals surface area contributed by atoms with Crippen LogP contribution in [-0.2, 0) is 6.42 Å². The van der Waals surface area contributed by atoms with E-state index < -0.39 is 0 Å². The number of ether oxygens (including phenoxy) is 1. The van der Waals surface area contributed by atoms with E-state index >= 15 is 0 Å². The monoisotopic (exact) mass is 220 g/mol. The zero-order valence-corrected chi connectivity index (χ0v) is 10.2. The maximum atomic E-state index is 5.76. The number of hydrogen-bond donors (Lipinski definition) is 1. The third-order valence-corrected chi connectivity index (χ3v) is 2.42. The van der Waals surface area contributed by atoms with Gasteiger partial charge in [0.15, 0.2) is 0 Å². The minimum Gasteiger partial charge on any atom is -0.497 e. The lowest BCUT2D eigenvalue weighted by Crippen LogP contribution is -2.19. The summed E-state index contributed by atoms with van der Waals surface area (Å²) >= 11 is 0. The van der Waals surface area contributed by atoms with Gasteiger partial charge in [-0.25, -0.2) is 0 Å².